The smallest absolute Gasteiger partial charge is 0.257 e. The molecule has 3 aromatic rings. The van der Waals surface area contributed by atoms with E-state index in [1.165, 1.54) is 35.6 Å². The predicted molar refractivity (Wildman–Crippen MR) is 104 cm³/mol. The fourth-order valence-electron chi connectivity index (χ4n) is 2.19. The quantitative estimate of drug-likeness (QED) is 0.602. The van der Waals surface area contributed by atoms with E-state index >= 15 is 0 Å². The second-order valence-electron chi connectivity index (χ2n) is 5.48. The number of carbonyl (C=O) groups excluding carboxylic acids is 2. The van der Waals surface area contributed by atoms with Gasteiger partial charge in [0.05, 0.1) is 0 Å². The number of nitrogens with zero attached hydrogens (tertiary/aromatic N) is 2. The molecule has 3 rings (SSSR count). The van der Waals surface area contributed by atoms with Crippen LogP contribution in [0.4, 0.5) is 9.52 Å². The number of aromatic nitrogens is 2. The Balaban J connectivity index is 1.50. The Labute approximate surface area is 167 Å². The number of halogens is 2. The van der Waals surface area contributed by atoms with Gasteiger partial charge in [0.15, 0.2) is 0 Å². The summed E-state index contributed by atoms with van der Waals surface area (Å²) in [6.45, 7) is 0.395. The first-order valence-electron chi connectivity index (χ1n) is 7.94. The third-order valence-electron chi connectivity index (χ3n) is 3.50. The molecule has 0 saturated carbocycles. The molecule has 1 heterocycles. The zero-order valence-electron chi connectivity index (χ0n) is 13.9. The zero-order chi connectivity index (χ0) is 19.2. The number of hydrogen-bond acceptors (Lipinski definition) is 5. The largest absolute Gasteiger partial charge is 0.352 e. The SMILES string of the molecule is O=C(NCCc1nnc(NC(=O)c2ccc(F)cc2)s1)c1cccc(Br)c1. The van der Waals surface area contributed by atoms with E-state index in [1.807, 2.05) is 6.07 Å². The van der Waals surface area contributed by atoms with E-state index in [0.29, 0.717) is 34.2 Å². The van der Waals surface area contributed by atoms with E-state index in [-0.39, 0.29) is 11.8 Å². The first-order chi connectivity index (χ1) is 13.0. The van der Waals surface area contributed by atoms with Crippen LogP contribution in [0, 0.1) is 5.82 Å². The highest BCUT2D eigenvalue weighted by Crippen LogP contribution is 2.17. The summed E-state index contributed by atoms with van der Waals surface area (Å²) in [7, 11) is 0. The summed E-state index contributed by atoms with van der Waals surface area (Å²) in [5.41, 5.74) is 0.892. The molecule has 0 spiro atoms. The maximum Gasteiger partial charge on any atom is 0.257 e. The average Bonchev–Trinajstić information content (AvgIpc) is 3.09. The highest BCUT2D eigenvalue weighted by atomic mass is 79.9. The van der Waals surface area contributed by atoms with Gasteiger partial charge in [0.2, 0.25) is 5.13 Å². The molecule has 9 heteroatoms. The minimum atomic E-state index is -0.408. The van der Waals surface area contributed by atoms with E-state index in [1.54, 1.807) is 18.2 Å². The van der Waals surface area contributed by atoms with Gasteiger partial charge >= 0.3 is 0 Å². The second kappa shape index (κ2) is 8.83. The number of rotatable bonds is 6. The van der Waals surface area contributed by atoms with Gasteiger partial charge in [-0.25, -0.2) is 4.39 Å². The number of hydrogen-bond donors (Lipinski definition) is 2. The minimum Gasteiger partial charge on any atom is -0.352 e. The Morgan fingerprint density at radius 1 is 1.04 bits per heavy atom. The Kier molecular flexibility index (Phi) is 6.25. The van der Waals surface area contributed by atoms with E-state index in [4.69, 9.17) is 0 Å². The van der Waals surface area contributed by atoms with Crippen LogP contribution in [0.2, 0.25) is 0 Å². The van der Waals surface area contributed by atoms with Crippen molar-refractivity contribution in [3.05, 3.63) is 75.0 Å². The molecule has 0 aliphatic rings. The summed E-state index contributed by atoms with van der Waals surface area (Å²) in [4.78, 5) is 24.1. The van der Waals surface area contributed by atoms with Gasteiger partial charge in [-0.2, -0.15) is 0 Å². The Morgan fingerprint density at radius 2 is 1.81 bits per heavy atom. The first kappa shape index (κ1) is 19.1. The number of benzene rings is 2. The van der Waals surface area contributed by atoms with Crippen molar-refractivity contribution >= 4 is 44.2 Å². The molecule has 0 aliphatic carbocycles. The molecule has 0 atom stereocenters. The summed E-state index contributed by atoms with van der Waals surface area (Å²) in [5.74, 6) is -0.971. The van der Waals surface area contributed by atoms with Crippen molar-refractivity contribution < 1.29 is 14.0 Å². The molecule has 2 aromatic carbocycles. The summed E-state index contributed by atoms with van der Waals surface area (Å²) in [6.07, 6.45) is 0.490. The molecule has 138 valence electrons. The third-order valence-corrected chi connectivity index (χ3v) is 4.90. The molecule has 6 nitrogen and oxygen atoms in total. The van der Waals surface area contributed by atoms with Gasteiger partial charge in [0.25, 0.3) is 11.8 Å². The lowest BCUT2D eigenvalue weighted by molar-refractivity contribution is 0.0953. The van der Waals surface area contributed by atoms with Crippen LogP contribution in [0.5, 0.6) is 0 Å². The van der Waals surface area contributed by atoms with Crippen molar-refractivity contribution in [2.24, 2.45) is 0 Å². The summed E-state index contributed by atoms with van der Waals surface area (Å²) >= 11 is 4.55. The molecule has 1 aromatic heterocycles. The van der Waals surface area contributed by atoms with Crippen molar-refractivity contribution in [3.63, 3.8) is 0 Å². The number of amides is 2. The van der Waals surface area contributed by atoms with E-state index < -0.39 is 5.82 Å². The van der Waals surface area contributed by atoms with Crippen LogP contribution in [0.1, 0.15) is 25.7 Å². The Bertz CT molecular complexity index is 962. The van der Waals surface area contributed by atoms with Crippen LogP contribution < -0.4 is 10.6 Å². The molecule has 2 amide bonds. The fraction of sp³-hybridized carbons (Fsp3) is 0.111. The number of carbonyl (C=O) groups is 2. The molecule has 0 radical (unpaired) electrons. The lowest BCUT2D eigenvalue weighted by Gasteiger charge is -2.04. The maximum atomic E-state index is 12.9. The summed E-state index contributed by atoms with van der Waals surface area (Å²) < 4.78 is 13.7. The highest BCUT2D eigenvalue weighted by Gasteiger charge is 2.11. The molecule has 0 saturated heterocycles. The molecule has 0 aliphatic heterocycles. The van der Waals surface area contributed by atoms with Gasteiger partial charge in [-0.1, -0.05) is 33.3 Å². The maximum absolute atomic E-state index is 12.9. The van der Waals surface area contributed by atoms with E-state index in [9.17, 15) is 14.0 Å². The predicted octanol–water partition coefficient (Wildman–Crippen LogP) is 3.66. The van der Waals surface area contributed by atoms with Gasteiger partial charge in [0, 0.05) is 28.6 Å². The van der Waals surface area contributed by atoms with Crippen LogP contribution in [-0.2, 0) is 6.42 Å². The lowest BCUT2D eigenvalue weighted by Crippen LogP contribution is -2.25. The van der Waals surface area contributed by atoms with Crippen molar-refractivity contribution in [1.29, 1.82) is 0 Å². The Hall–Kier alpha value is -2.65. The molecule has 2 N–H and O–H groups in total. The van der Waals surface area contributed by atoms with Gasteiger partial charge < -0.3 is 5.32 Å². The van der Waals surface area contributed by atoms with Gasteiger partial charge in [-0.05, 0) is 42.5 Å². The summed E-state index contributed by atoms with van der Waals surface area (Å²) in [5, 5.41) is 14.4. The van der Waals surface area contributed by atoms with Crippen molar-refractivity contribution in [3.8, 4) is 0 Å². The Morgan fingerprint density at radius 3 is 2.56 bits per heavy atom. The van der Waals surface area contributed by atoms with Crippen LogP contribution in [0.25, 0.3) is 0 Å². The average molecular weight is 449 g/mol. The summed E-state index contributed by atoms with van der Waals surface area (Å²) in [6, 6.07) is 12.3. The second-order valence-corrected chi connectivity index (χ2v) is 7.46. The van der Waals surface area contributed by atoms with Gasteiger partial charge in [0.1, 0.15) is 10.8 Å². The van der Waals surface area contributed by atoms with Gasteiger partial charge in [-0.15, -0.1) is 10.2 Å². The number of anilines is 1. The van der Waals surface area contributed by atoms with Crippen LogP contribution >= 0.6 is 27.3 Å². The molecule has 0 unspecified atom stereocenters. The monoisotopic (exact) mass is 448 g/mol. The van der Waals surface area contributed by atoms with E-state index in [0.717, 1.165) is 4.47 Å². The fourth-order valence-corrected chi connectivity index (χ4v) is 3.32. The molecular weight excluding hydrogens is 435 g/mol. The van der Waals surface area contributed by atoms with Crippen LogP contribution in [-0.4, -0.2) is 28.6 Å². The molecular formula is C18H14BrFN4O2S. The molecule has 27 heavy (non-hydrogen) atoms. The molecule has 0 fully saturated rings. The standard InChI is InChI=1S/C18H14BrFN4O2S/c19-13-3-1-2-12(10-13)16(25)21-9-8-15-23-24-18(27-15)22-17(26)11-4-6-14(20)7-5-11/h1-7,10H,8-9H2,(H,21,25)(H,22,24,26). The first-order valence-corrected chi connectivity index (χ1v) is 9.55. The molecule has 0 bridgehead atoms. The van der Waals surface area contributed by atoms with Crippen molar-refractivity contribution in [2.75, 3.05) is 11.9 Å². The third kappa shape index (κ3) is 5.41. The van der Waals surface area contributed by atoms with Crippen LogP contribution in [0.15, 0.2) is 53.0 Å². The van der Waals surface area contributed by atoms with Crippen molar-refractivity contribution in [2.45, 2.75) is 6.42 Å². The van der Waals surface area contributed by atoms with Crippen LogP contribution in [0.3, 0.4) is 0 Å². The lowest BCUT2D eigenvalue weighted by atomic mass is 10.2. The highest BCUT2D eigenvalue weighted by molar-refractivity contribution is 9.10. The topological polar surface area (TPSA) is 84.0 Å². The minimum absolute atomic E-state index is 0.175. The number of nitrogens with one attached hydrogen (secondary N) is 2. The van der Waals surface area contributed by atoms with Crippen molar-refractivity contribution in [1.82, 2.24) is 15.5 Å². The normalized spacial score (nSPS) is 10.4. The zero-order valence-corrected chi connectivity index (χ0v) is 16.3. The van der Waals surface area contributed by atoms with E-state index in [2.05, 4.69) is 36.8 Å². The van der Waals surface area contributed by atoms with Gasteiger partial charge in [-0.3, -0.25) is 14.9 Å².